The molecule has 0 heterocycles. The van der Waals surface area contributed by atoms with Gasteiger partial charge in [-0.25, -0.2) is 0 Å². The monoisotopic (exact) mass is 302 g/mol. The van der Waals surface area contributed by atoms with Crippen LogP contribution in [0.2, 0.25) is 0 Å². The molecule has 122 valence electrons. The lowest BCUT2D eigenvalue weighted by Crippen LogP contribution is -2.56. The molecule has 6 rings (SSSR count). The topological polar surface area (TPSA) is 37.3 Å². The first kappa shape index (κ1) is 14.8. The molecule has 6 aliphatic rings. The number of hydrogen-bond acceptors (Lipinski definition) is 1. The summed E-state index contributed by atoms with van der Waals surface area (Å²) in [6.45, 7) is 2.08. The van der Waals surface area contributed by atoms with Gasteiger partial charge in [-0.2, -0.15) is 0 Å². The Kier molecular flexibility index (Phi) is 3.62. The van der Waals surface area contributed by atoms with Gasteiger partial charge in [0.2, 0.25) is 0 Å². The molecule has 0 amide bonds. The Morgan fingerprint density at radius 2 is 1.45 bits per heavy atom. The number of carboxylic acids is 1. The molecule has 2 heteroatoms. The van der Waals surface area contributed by atoms with Gasteiger partial charge in [0.25, 0.3) is 0 Å². The number of carbonyl (C=O) groups is 1. The van der Waals surface area contributed by atoms with Crippen LogP contribution < -0.4 is 0 Å². The molecule has 0 spiro atoms. The molecule has 2 atom stereocenters. The van der Waals surface area contributed by atoms with Crippen LogP contribution in [0.5, 0.6) is 0 Å². The van der Waals surface area contributed by atoms with Gasteiger partial charge in [0.15, 0.2) is 0 Å². The summed E-state index contributed by atoms with van der Waals surface area (Å²) in [6.07, 6.45) is 16.2. The van der Waals surface area contributed by atoms with Crippen molar-refractivity contribution < 1.29 is 9.90 Å². The molecular formula is C20H30O2. The molecule has 2 unspecified atom stereocenters. The average molecular weight is 302 g/mol. The van der Waals surface area contributed by atoms with Gasteiger partial charge in [-0.05, 0) is 93.3 Å². The predicted molar refractivity (Wildman–Crippen MR) is 87.4 cm³/mol. The second-order valence-corrected chi connectivity index (χ2v) is 8.72. The van der Waals surface area contributed by atoms with Crippen molar-refractivity contribution in [3.8, 4) is 0 Å². The van der Waals surface area contributed by atoms with Crippen molar-refractivity contribution in [2.45, 2.75) is 64.7 Å². The molecule has 5 fully saturated rings. The van der Waals surface area contributed by atoms with Crippen molar-refractivity contribution >= 4 is 5.97 Å². The summed E-state index contributed by atoms with van der Waals surface area (Å²) >= 11 is 0. The van der Waals surface area contributed by atoms with E-state index in [1.807, 2.05) is 0 Å². The molecule has 0 radical (unpaired) electrons. The molecule has 0 saturated heterocycles. The summed E-state index contributed by atoms with van der Waals surface area (Å²) in [5.41, 5.74) is -0.340. The van der Waals surface area contributed by atoms with Crippen LogP contribution in [-0.2, 0) is 4.79 Å². The zero-order valence-corrected chi connectivity index (χ0v) is 13.8. The van der Waals surface area contributed by atoms with E-state index in [2.05, 4.69) is 19.1 Å². The van der Waals surface area contributed by atoms with E-state index in [4.69, 9.17) is 0 Å². The number of fused-ring (bicyclic) bond motifs is 2. The van der Waals surface area contributed by atoms with E-state index in [1.165, 1.54) is 51.4 Å². The number of aliphatic carboxylic acids is 1. The smallest absolute Gasteiger partial charge is 0.310 e. The number of rotatable bonds is 2. The Balaban J connectivity index is 0.000000148. The first-order chi connectivity index (χ1) is 10.6. The zero-order valence-electron chi connectivity index (χ0n) is 13.8. The largest absolute Gasteiger partial charge is 0.481 e. The van der Waals surface area contributed by atoms with Crippen molar-refractivity contribution in [1.29, 1.82) is 0 Å². The minimum Gasteiger partial charge on any atom is -0.481 e. The second-order valence-electron chi connectivity index (χ2n) is 8.72. The Hall–Kier alpha value is -0.790. The minimum absolute atomic E-state index is 0.340. The molecule has 6 aliphatic carbocycles. The van der Waals surface area contributed by atoms with Gasteiger partial charge in [-0.3, -0.25) is 4.79 Å². The molecule has 22 heavy (non-hydrogen) atoms. The third kappa shape index (κ3) is 2.17. The van der Waals surface area contributed by atoms with E-state index in [-0.39, 0.29) is 5.41 Å². The Morgan fingerprint density at radius 1 is 0.955 bits per heavy atom. The van der Waals surface area contributed by atoms with E-state index in [1.54, 1.807) is 0 Å². The first-order valence-corrected chi connectivity index (χ1v) is 9.53. The first-order valence-electron chi connectivity index (χ1n) is 9.53. The highest BCUT2D eigenvalue weighted by molar-refractivity contribution is 5.76. The molecule has 0 aliphatic heterocycles. The molecular weight excluding hydrogens is 272 g/mol. The molecule has 0 aromatic heterocycles. The van der Waals surface area contributed by atoms with E-state index < -0.39 is 5.97 Å². The van der Waals surface area contributed by atoms with Gasteiger partial charge in [-0.1, -0.05) is 19.1 Å². The standard InChI is InChI=1S/C13H20O2.C7H10/c1-2-13(12(14)15)10-4-8-3-9(6-10)7-11(13)5-8;1-2-7-4-3-6(1)5-7/h8-11H,2-7H2,1H3,(H,14,15);1-2,6-7H,3-5H2. The van der Waals surface area contributed by atoms with Crippen molar-refractivity contribution in [3.63, 3.8) is 0 Å². The fourth-order valence-corrected chi connectivity index (χ4v) is 6.82. The van der Waals surface area contributed by atoms with Gasteiger partial charge in [0.1, 0.15) is 0 Å². The third-order valence-electron chi connectivity index (χ3n) is 7.75. The van der Waals surface area contributed by atoms with Crippen LogP contribution in [0.3, 0.4) is 0 Å². The second kappa shape index (κ2) is 5.39. The minimum atomic E-state index is -0.501. The van der Waals surface area contributed by atoms with Crippen LogP contribution in [0.25, 0.3) is 0 Å². The zero-order chi connectivity index (χ0) is 15.3. The average Bonchev–Trinajstić information content (AvgIpc) is 3.12. The fourth-order valence-electron chi connectivity index (χ4n) is 6.82. The molecule has 1 N–H and O–H groups in total. The quantitative estimate of drug-likeness (QED) is 0.737. The maximum atomic E-state index is 11.6. The third-order valence-corrected chi connectivity index (χ3v) is 7.75. The predicted octanol–water partition coefficient (Wildman–Crippen LogP) is 4.90. The van der Waals surface area contributed by atoms with E-state index in [9.17, 15) is 9.90 Å². The molecule has 2 nitrogen and oxygen atoms in total. The van der Waals surface area contributed by atoms with E-state index in [0.717, 1.165) is 30.1 Å². The maximum absolute atomic E-state index is 11.6. The Labute approximate surface area is 134 Å². The lowest BCUT2D eigenvalue weighted by atomic mass is 9.44. The SMILES string of the molecule is C1=CC2CCC1C2.CCC1(C(=O)O)C2CC3CC(C2)CC1C3. The van der Waals surface area contributed by atoms with Crippen LogP contribution >= 0.6 is 0 Å². The van der Waals surface area contributed by atoms with E-state index >= 15 is 0 Å². The van der Waals surface area contributed by atoms with Crippen molar-refractivity contribution in [2.24, 2.45) is 40.9 Å². The molecule has 0 aromatic rings. The number of hydrogen-bond donors (Lipinski definition) is 1. The van der Waals surface area contributed by atoms with Crippen molar-refractivity contribution in [1.82, 2.24) is 0 Å². The van der Waals surface area contributed by atoms with Crippen LogP contribution in [0, 0.1) is 40.9 Å². The maximum Gasteiger partial charge on any atom is 0.310 e. The van der Waals surface area contributed by atoms with Gasteiger partial charge < -0.3 is 5.11 Å². The summed E-state index contributed by atoms with van der Waals surface area (Å²) in [5, 5.41) is 9.60. The van der Waals surface area contributed by atoms with Crippen LogP contribution in [0.15, 0.2) is 12.2 Å². The fraction of sp³-hybridized carbons (Fsp3) is 0.850. The Morgan fingerprint density at radius 3 is 1.73 bits per heavy atom. The highest BCUT2D eigenvalue weighted by Crippen LogP contribution is 2.63. The molecule has 0 aromatic carbocycles. The summed E-state index contributed by atoms with van der Waals surface area (Å²) < 4.78 is 0. The van der Waals surface area contributed by atoms with Crippen LogP contribution in [0.1, 0.15) is 64.7 Å². The molecule has 6 bridgehead atoms. The lowest BCUT2D eigenvalue weighted by Gasteiger charge is -2.59. The number of carboxylic acid groups (broad SMARTS) is 1. The summed E-state index contributed by atoms with van der Waals surface area (Å²) in [5.74, 6) is 4.21. The molecule has 5 saturated carbocycles. The van der Waals surface area contributed by atoms with Gasteiger partial charge in [0, 0.05) is 0 Å². The van der Waals surface area contributed by atoms with Crippen molar-refractivity contribution in [2.75, 3.05) is 0 Å². The highest BCUT2D eigenvalue weighted by atomic mass is 16.4. The van der Waals surface area contributed by atoms with Gasteiger partial charge in [0.05, 0.1) is 5.41 Å². The number of allylic oxidation sites excluding steroid dienone is 2. The van der Waals surface area contributed by atoms with Gasteiger partial charge >= 0.3 is 5.97 Å². The normalized spacial score (nSPS) is 50.0. The summed E-state index contributed by atoms with van der Waals surface area (Å²) in [4.78, 5) is 11.6. The Bertz CT molecular complexity index is 438. The van der Waals surface area contributed by atoms with Crippen molar-refractivity contribution in [3.05, 3.63) is 12.2 Å². The summed E-state index contributed by atoms with van der Waals surface area (Å²) in [7, 11) is 0. The van der Waals surface area contributed by atoms with Gasteiger partial charge in [-0.15, -0.1) is 0 Å². The lowest BCUT2D eigenvalue weighted by molar-refractivity contribution is -0.178. The highest BCUT2D eigenvalue weighted by Gasteiger charge is 2.60. The summed E-state index contributed by atoms with van der Waals surface area (Å²) in [6, 6.07) is 0. The van der Waals surface area contributed by atoms with E-state index in [0.29, 0.717) is 11.8 Å². The van der Waals surface area contributed by atoms with Crippen LogP contribution in [0.4, 0.5) is 0 Å². The van der Waals surface area contributed by atoms with Crippen LogP contribution in [-0.4, -0.2) is 11.1 Å².